The number of hydrogen-bond acceptors (Lipinski definition) is 3. The monoisotopic (exact) mass is 200 g/mol. The maximum atomic E-state index is 11.2. The summed E-state index contributed by atoms with van der Waals surface area (Å²) < 4.78 is 5.30. The Kier molecular flexibility index (Phi) is 2.49. The van der Waals surface area contributed by atoms with Gasteiger partial charge in [0.1, 0.15) is 0 Å². The van der Waals surface area contributed by atoms with Gasteiger partial charge < -0.3 is 14.9 Å². The van der Waals surface area contributed by atoms with E-state index in [0.717, 1.165) is 19.4 Å². The van der Waals surface area contributed by atoms with Crippen molar-refractivity contribution < 1.29 is 19.7 Å². The number of aliphatic hydroxyl groups is 1. The van der Waals surface area contributed by atoms with E-state index in [1.165, 1.54) is 0 Å². The van der Waals surface area contributed by atoms with Crippen LogP contribution >= 0.6 is 0 Å². The van der Waals surface area contributed by atoms with E-state index in [0.29, 0.717) is 19.4 Å². The SMILES string of the molecule is O=C(O)C1(C2CCCOC2)CC(O)C1. The Bertz CT molecular complexity index is 226. The van der Waals surface area contributed by atoms with Crippen LogP contribution in [0.15, 0.2) is 0 Å². The molecule has 0 aromatic heterocycles. The Morgan fingerprint density at radius 1 is 1.43 bits per heavy atom. The van der Waals surface area contributed by atoms with E-state index < -0.39 is 17.5 Å². The number of ether oxygens (including phenoxy) is 1. The van der Waals surface area contributed by atoms with E-state index >= 15 is 0 Å². The number of aliphatic hydroxyl groups excluding tert-OH is 1. The van der Waals surface area contributed by atoms with Gasteiger partial charge in [-0.05, 0) is 31.6 Å². The summed E-state index contributed by atoms with van der Waals surface area (Å²) in [4.78, 5) is 11.2. The third kappa shape index (κ3) is 1.42. The molecule has 1 saturated heterocycles. The molecule has 1 heterocycles. The van der Waals surface area contributed by atoms with Crippen molar-refractivity contribution in [2.75, 3.05) is 13.2 Å². The van der Waals surface area contributed by atoms with Crippen LogP contribution < -0.4 is 0 Å². The van der Waals surface area contributed by atoms with Gasteiger partial charge in [0.15, 0.2) is 0 Å². The van der Waals surface area contributed by atoms with Crippen molar-refractivity contribution in [3.8, 4) is 0 Å². The Hall–Kier alpha value is -0.610. The van der Waals surface area contributed by atoms with Crippen LogP contribution in [0.4, 0.5) is 0 Å². The summed E-state index contributed by atoms with van der Waals surface area (Å²) in [6, 6.07) is 0. The lowest BCUT2D eigenvalue weighted by Crippen LogP contribution is -2.53. The average Bonchev–Trinajstić information content (AvgIpc) is 2.13. The predicted octanol–water partition coefficient (Wildman–Crippen LogP) is 0.639. The minimum Gasteiger partial charge on any atom is -0.481 e. The van der Waals surface area contributed by atoms with Crippen LogP contribution in [0.2, 0.25) is 0 Å². The second-order valence-electron chi connectivity index (χ2n) is 4.44. The van der Waals surface area contributed by atoms with Gasteiger partial charge in [-0.15, -0.1) is 0 Å². The third-order valence-electron chi connectivity index (χ3n) is 3.57. The van der Waals surface area contributed by atoms with Crippen LogP contribution in [0.1, 0.15) is 25.7 Å². The van der Waals surface area contributed by atoms with E-state index in [1.807, 2.05) is 0 Å². The molecule has 80 valence electrons. The standard InChI is InChI=1S/C10H16O4/c11-8-4-10(5-8,9(12)13)7-2-1-3-14-6-7/h7-8,11H,1-6H2,(H,12,13). The van der Waals surface area contributed by atoms with E-state index in [1.54, 1.807) is 0 Å². The first kappa shape index (κ1) is 9.93. The molecule has 2 aliphatic rings. The highest BCUT2D eigenvalue weighted by Gasteiger charge is 2.55. The normalized spacial score (nSPS) is 42.9. The number of rotatable bonds is 2. The summed E-state index contributed by atoms with van der Waals surface area (Å²) in [6.45, 7) is 1.29. The van der Waals surface area contributed by atoms with Crippen LogP contribution in [0.3, 0.4) is 0 Å². The first-order valence-electron chi connectivity index (χ1n) is 5.14. The van der Waals surface area contributed by atoms with E-state index in [2.05, 4.69) is 0 Å². The second-order valence-corrected chi connectivity index (χ2v) is 4.44. The van der Waals surface area contributed by atoms with Crippen LogP contribution in [-0.2, 0) is 9.53 Å². The summed E-state index contributed by atoms with van der Waals surface area (Å²) in [7, 11) is 0. The highest BCUT2D eigenvalue weighted by atomic mass is 16.5. The fraction of sp³-hybridized carbons (Fsp3) is 0.900. The van der Waals surface area contributed by atoms with Crippen LogP contribution in [0.5, 0.6) is 0 Å². The maximum Gasteiger partial charge on any atom is 0.310 e. The van der Waals surface area contributed by atoms with Crippen LogP contribution in [0.25, 0.3) is 0 Å². The Morgan fingerprint density at radius 3 is 2.57 bits per heavy atom. The molecule has 0 radical (unpaired) electrons. The quantitative estimate of drug-likeness (QED) is 0.686. The number of hydrogen-bond donors (Lipinski definition) is 2. The highest BCUT2D eigenvalue weighted by molar-refractivity contribution is 5.76. The molecule has 0 bridgehead atoms. The largest absolute Gasteiger partial charge is 0.481 e. The summed E-state index contributed by atoms with van der Waals surface area (Å²) in [5.41, 5.74) is -0.695. The van der Waals surface area contributed by atoms with Gasteiger partial charge >= 0.3 is 5.97 Å². The molecule has 0 aromatic carbocycles. The van der Waals surface area contributed by atoms with Gasteiger partial charge in [-0.2, -0.15) is 0 Å². The lowest BCUT2D eigenvalue weighted by atomic mass is 9.58. The Balaban J connectivity index is 2.07. The van der Waals surface area contributed by atoms with Crippen molar-refractivity contribution in [2.24, 2.45) is 11.3 Å². The molecule has 2 N–H and O–H groups in total. The van der Waals surface area contributed by atoms with Crippen molar-refractivity contribution >= 4 is 5.97 Å². The van der Waals surface area contributed by atoms with Gasteiger partial charge in [-0.3, -0.25) is 4.79 Å². The molecule has 2 fully saturated rings. The summed E-state index contributed by atoms with van der Waals surface area (Å²) in [5, 5.41) is 18.4. The Labute approximate surface area is 82.9 Å². The predicted molar refractivity (Wildman–Crippen MR) is 48.9 cm³/mol. The van der Waals surface area contributed by atoms with Gasteiger partial charge in [0.05, 0.1) is 18.1 Å². The van der Waals surface area contributed by atoms with E-state index in [-0.39, 0.29) is 5.92 Å². The lowest BCUT2D eigenvalue weighted by Gasteiger charge is -2.48. The van der Waals surface area contributed by atoms with Gasteiger partial charge in [0, 0.05) is 6.61 Å². The van der Waals surface area contributed by atoms with Crippen molar-refractivity contribution in [1.29, 1.82) is 0 Å². The van der Waals surface area contributed by atoms with E-state index in [4.69, 9.17) is 4.74 Å². The summed E-state index contributed by atoms with van der Waals surface area (Å²) in [6.07, 6.45) is 2.23. The molecule has 1 atom stereocenters. The first-order chi connectivity index (χ1) is 6.65. The smallest absolute Gasteiger partial charge is 0.310 e. The minimum atomic E-state index is -0.765. The average molecular weight is 200 g/mol. The molecule has 1 aliphatic heterocycles. The fourth-order valence-electron chi connectivity index (χ4n) is 2.64. The molecule has 1 unspecified atom stereocenters. The molecule has 14 heavy (non-hydrogen) atoms. The zero-order valence-corrected chi connectivity index (χ0v) is 8.11. The van der Waals surface area contributed by atoms with Crippen molar-refractivity contribution in [3.05, 3.63) is 0 Å². The number of carboxylic acids is 1. The number of aliphatic carboxylic acids is 1. The van der Waals surface area contributed by atoms with Gasteiger partial charge in [0.25, 0.3) is 0 Å². The zero-order chi connectivity index (χ0) is 10.2. The molecule has 1 aliphatic carbocycles. The second kappa shape index (κ2) is 3.51. The zero-order valence-electron chi connectivity index (χ0n) is 8.11. The van der Waals surface area contributed by atoms with Crippen molar-refractivity contribution in [3.63, 3.8) is 0 Å². The fourth-order valence-corrected chi connectivity index (χ4v) is 2.64. The molecule has 2 rings (SSSR count). The maximum absolute atomic E-state index is 11.2. The van der Waals surface area contributed by atoms with Crippen LogP contribution in [-0.4, -0.2) is 35.5 Å². The molecule has 0 aromatic rings. The topological polar surface area (TPSA) is 66.8 Å². The molecular weight excluding hydrogens is 184 g/mol. The minimum absolute atomic E-state index is 0.0946. The van der Waals surface area contributed by atoms with Crippen LogP contribution in [0, 0.1) is 11.3 Å². The highest BCUT2D eigenvalue weighted by Crippen LogP contribution is 2.50. The molecule has 4 nitrogen and oxygen atoms in total. The van der Waals surface area contributed by atoms with Gasteiger partial charge in [-0.1, -0.05) is 0 Å². The first-order valence-corrected chi connectivity index (χ1v) is 5.14. The number of carboxylic acid groups (broad SMARTS) is 1. The Morgan fingerprint density at radius 2 is 2.14 bits per heavy atom. The molecule has 1 saturated carbocycles. The van der Waals surface area contributed by atoms with Gasteiger partial charge in [0.2, 0.25) is 0 Å². The molecular formula is C10H16O4. The lowest BCUT2D eigenvalue weighted by molar-refractivity contribution is -0.178. The van der Waals surface area contributed by atoms with Crippen molar-refractivity contribution in [2.45, 2.75) is 31.8 Å². The van der Waals surface area contributed by atoms with Crippen molar-refractivity contribution in [1.82, 2.24) is 0 Å². The van der Waals surface area contributed by atoms with Gasteiger partial charge in [-0.25, -0.2) is 0 Å². The van der Waals surface area contributed by atoms with E-state index in [9.17, 15) is 15.0 Å². The molecule has 0 amide bonds. The number of carbonyl (C=O) groups is 1. The summed E-state index contributed by atoms with van der Waals surface area (Å²) >= 11 is 0. The molecule has 0 spiro atoms. The third-order valence-corrected chi connectivity index (χ3v) is 3.57. The summed E-state index contributed by atoms with van der Waals surface area (Å²) in [5.74, 6) is -0.671. The molecule has 4 heteroatoms.